The van der Waals surface area contributed by atoms with Gasteiger partial charge in [-0.25, -0.2) is 4.98 Å². The third kappa shape index (κ3) is 2.04. The van der Waals surface area contributed by atoms with Gasteiger partial charge in [0.15, 0.2) is 11.3 Å². The summed E-state index contributed by atoms with van der Waals surface area (Å²) in [5, 5.41) is 0.562. The van der Waals surface area contributed by atoms with Crippen molar-refractivity contribution in [1.82, 2.24) is 4.98 Å². The minimum absolute atomic E-state index is 0.562. The van der Waals surface area contributed by atoms with Crippen LogP contribution in [0.4, 0.5) is 0 Å². The number of nitrogens with zero attached hydrogens (tertiary/aromatic N) is 1. The zero-order valence-corrected chi connectivity index (χ0v) is 10.2. The van der Waals surface area contributed by atoms with Crippen LogP contribution < -0.4 is 0 Å². The molecule has 1 aromatic heterocycles. The summed E-state index contributed by atoms with van der Waals surface area (Å²) in [6.45, 7) is 4.14. The van der Waals surface area contributed by atoms with E-state index in [9.17, 15) is 4.79 Å². The minimum Gasteiger partial charge on any atom is -0.295 e. The number of aryl methyl sites for hydroxylation is 2. The van der Waals surface area contributed by atoms with Gasteiger partial charge < -0.3 is 0 Å². The number of carbonyl (C=O) groups is 1. The molecule has 16 heavy (non-hydrogen) atoms. The van der Waals surface area contributed by atoms with Gasteiger partial charge in [0.05, 0.1) is 5.69 Å². The molecule has 3 heteroatoms. The van der Waals surface area contributed by atoms with Gasteiger partial charge in [0, 0.05) is 10.4 Å². The molecule has 0 N–H and O–H groups in total. The third-order valence-corrected chi connectivity index (χ3v) is 3.59. The van der Waals surface area contributed by atoms with Crippen molar-refractivity contribution >= 4 is 17.6 Å². The van der Waals surface area contributed by atoms with Crippen LogP contribution in [0.1, 0.15) is 27.2 Å². The topological polar surface area (TPSA) is 30.0 Å². The lowest BCUT2D eigenvalue weighted by Gasteiger charge is -2.00. The van der Waals surface area contributed by atoms with Crippen LogP contribution >= 0.6 is 11.3 Å². The van der Waals surface area contributed by atoms with Gasteiger partial charge in [-0.1, -0.05) is 36.8 Å². The Bertz CT molecular complexity index is 499. The van der Waals surface area contributed by atoms with Crippen LogP contribution in [0.2, 0.25) is 0 Å². The summed E-state index contributed by atoms with van der Waals surface area (Å²) in [7, 11) is 0. The largest absolute Gasteiger partial charge is 0.295 e. The molecule has 2 aromatic rings. The molecular formula is C13H13NOS. The molecular weight excluding hydrogens is 218 g/mol. The van der Waals surface area contributed by atoms with Crippen molar-refractivity contribution in [2.24, 2.45) is 0 Å². The van der Waals surface area contributed by atoms with Gasteiger partial charge in [0.1, 0.15) is 0 Å². The van der Waals surface area contributed by atoms with Crippen LogP contribution in [-0.4, -0.2) is 11.3 Å². The number of aromatic nitrogens is 1. The van der Waals surface area contributed by atoms with Crippen molar-refractivity contribution < 1.29 is 4.79 Å². The maximum atomic E-state index is 10.7. The quantitative estimate of drug-likeness (QED) is 0.757. The molecule has 1 heterocycles. The number of thiazole rings is 1. The van der Waals surface area contributed by atoms with E-state index >= 15 is 0 Å². The molecule has 2 nitrogen and oxygen atoms in total. The van der Waals surface area contributed by atoms with E-state index in [1.165, 1.54) is 21.8 Å². The van der Waals surface area contributed by atoms with Crippen LogP contribution in [0.15, 0.2) is 24.3 Å². The Hall–Kier alpha value is -1.48. The number of aldehydes is 1. The van der Waals surface area contributed by atoms with E-state index < -0.39 is 0 Å². The van der Waals surface area contributed by atoms with E-state index in [1.54, 1.807) is 0 Å². The molecule has 0 saturated heterocycles. The average molecular weight is 231 g/mol. The van der Waals surface area contributed by atoms with Crippen molar-refractivity contribution in [2.75, 3.05) is 0 Å². The lowest BCUT2D eigenvalue weighted by atomic mass is 10.1. The molecule has 0 fully saturated rings. The van der Waals surface area contributed by atoms with Gasteiger partial charge in [-0.3, -0.25) is 4.79 Å². The van der Waals surface area contributed by atoms with Crippen LogP contribution in [0.25, 0.3) is 11.3 Å². The molecule has 0 aliphatic heterocycles. The standard InChI is InChI=1S/C13H13NOS/c1-3-11-13(14-12(8-15)16-11)10-6-4-9(2)5-7-10/h4-8H,3H2,1-2H3. The molecule has 0 aliphatic rings. The molecule has 2 rings (SSSR count). The predicted octanol–water partition coefficient (Wildman–Crippen LogP) is 3.49. The Morgan fingerprint density at radius 2 is 2.00 bits per heavy atom. The summed E-state index contributed by atoms with van der Waals surface area (Å²) in [5.41, 5.74) is 3.27. The van der Waals surface area contributed by atoms with E-state index in [0.29, 0.717) is 5.01 Å². The van der Waals surface area contributed by atoms with E-state index in [-0.39, 0.29) is 0 Å². The molecule has 0 atom stereocenters. The number of benzene rings is 1. The van der Waals surface area contributed by atoms with E-state index in [1.807, 2.05) is 0 Å². The maximum Gasteiger partial charge on any atom is 0.178 e. The van der Waals surface area contributed by atoms with Crippen molar-refractivity contribution in [1.29, 1.82) is 0 Å². The molecule has 1 aromatic carbocycles. The van der Waals surface area contributed by atoms with E-state index in [0.717, 1.165) is 24.0 Å². The number of hydrogen-bond donors (Lipinski definition) is 0. The molecule has 0 spiro atoms. The zero-order valence-electron chi connectivity index (χ0n) is 9.36. The van der Waals surface area contributed by atoms with Gasteiger partial charge in [-0.2, -0.15) is 0 Å². The van der Waals surface area contributed by atoms with Gasteiger partial charge in [-0.15, -0.1) is 11.3 Å². The lowest BCUT2D eigenvalue weighted by molar-refractivity contribution is 0.112. The highest BCUT2D eigenvalue weighted by Crippen LogP contribution is 2.28. The van der Waals surface area contributed by atoms with E-state index in [4.69, 9.17) is 0 Å². The monoisotopic (exact) mass is 231 g/mol. The first kappa shape index (κ1) is 11.0. The number of carbonyl (C=O) groups excluding carboxylic acids is 1. The normalized spacial score (nSPS) is 10.4. The molecule has 82 valence electrons. The Balaban J connectivity index is 2.49. The molecule has 0 radical (unpaired) electrons. The second-order valence-electron chi connectivity index (χ2n) is 3.66. The van der Waals surface area contributed by atoms with E-state index in [2.05, 4.69) is 43.1 Å². The Labute approximate surface area is 99.0 Å². The fourth-order valence-corrected chi connectivity index (χ4v) is 2.44. The predicted molar refractivity (Wildman–Crippen MR) is 67.1 cm³/mol. The third-order valence-electron chi connectivity index (χ3n) is 2.46. The summed E-state index contributed by atoms with van der Waals surface area (Å²) >= 11 is 1.48. The summed E-state index contributed by atoms with van der Waals surface area (Å²) < 4.78 is 0. The molecule has 0 aliphatic carbocycles. The maximum absolute atomic E-state index is 10.7. The fourth-order valence-electron chi connectivity index (χ4n) is 1.60. The second kappa shape index (κ2) is 4.58. The Kier molecular flexibility index (Phi) is 3.15. The lowest BCUT2D eigenvalue weighted by Crippen LogP contribution is -1.84. The van der Waals surface area contributed by atoms with Crippen LogP contribution in [-0.2, 0) is 6.42 Å². The summed E-state index contributed by atoms with van der Waals surface area (Å²) in [6.07, 6.45) is 1.73. The van der Waals surface area contributed by atoms with Crippen molar-refractivity contribution in [3.63, 3.8) is 0 Å². The Morgan fingerprint density at radius 1 is 1.31 bits per heavy atom. The van der Waals surface area contributed by atoms with Crippen LogP contribution in [0.5, 0.6) is 0 Å². The minimum atomic E-state index is 0.562. The highest BCUT2D eigenvalue weighted by Gasteiger charge is 2.10. The second-order valence-corrected chi connectivity index (χ2v) is 4.78. The molecule has 0 saturated carbocycles. The number of hydrogen-bond acceptors (Lipinski definition) is 3. The molecule has 0 amide bonds. The summed E-state index contributed by atoms with van der Waals surface area (Å²) in [5.74, 6) is 0. The first-order valence-corrected chi connectivity index (χ1v) is 6.08. The fraction of sp³-hybridized carbons (Fsp3) is 0.231. The SMILES string of the molecule is CCc1sc(C=O)nc1-c1ccc(C)cc1. The van der Waals surface area contributed by atoms with Gasteiger partial charge in [-0.05, 0) is 13.3 Å². The number of rotatable bonds is 3. The summed E-state index contributed by atoms with van der Waals surface area (Å²) in [6, 6.07) is 8.24. The molecule has 0 unspecified atom stereocenters. The first-order valence-electron chi connectivity index (χ1n) is 5.26. The average Bonchev–Trinajstić information content (AvgIpc) is 2.73. The smallest absolute Gasteiger partial charge is 0.178 e. The van der Waals surface area contributed by atoms with Gasteiger partial charge >= 0.3 is 0 Å². The first-order chi connectivity index (χ1) is 7.74. The summed E-state index contributed by atoms with van der Waals surface area (Å²) in [4.78, 5) is 16.2. The van der Waals surface area contributed by atoms with Crippen molar-refractivity contribution in [3.8, 4) is 11.3 Å². The van der Waals surface area contributed by atoms with Crippen LogP contribution in [0.3, 0.4) is 0 Å². The van der Waals surface area contributed by atoms with Gasteiger partial charge in [0.25, 0.3) is 0 Å². The van der Waals surface area contributed by atoms with Crippen molar-refractivity contribution in [3.05, 3.63) is 39.7 Å². The highest BCUT2D eigenvalue weighted by molar-refractivity contribution is 7.13. The molecule has 0 bridgehead atoms. The van der Waals surface area contributed by atoms with Gasteiger partial charge in [0.2, 0.25) is 0 Å². The van der Waals surface area contributed by atoms with Crippen molar-refractivity contribution in [2.45, 2.75) is 20.3 Å². The Morgan fingerprint density at radius 3 is 2.56 bits per heavy atom. The zero-order chi connectivity index (χ0) is 11.5. The highest BCUT2D eigenvalue weighted by atomic mass is 32.1. The van der Waals surface area contributed by atoms with Crippen LogP contribution in [0, 0.1) is 6.92 Å².